The van der Waals surface area contributed by atoms with Gasteiger partial charge in [-0.3, -0.25) is 4.79 Å². The van der Waals surface area contributed by atoms with Crippen LogP contribution in [0, 0.1) is 0 Å². The lowest BCUT2D eigenvalue weighted by Gasteiger charge is -2.27. The summed E-state index contributed by atoms with van der Waals surface area (Å²) in [5.74, 6) is -0.138. The number of aliphatic hydroxyl groups is 1. The Labute approximate surface area is 111 Å². The van der Waals surface area contributed by atoms with Crippen LogP contribution in [0.4, 0.5) is 0 Å². The van der Waals surface area contributed by atoms with E-state index in [1.54, 1.807) is 18.3 Å². The van der Waals surface area contributed by atoms with Gasteiger partial charge in [0.05, 0.1) is 12.1 Å². The van der Waals surface area contributed by atoms with E-state index >= 15 is 0 Å². The van der Waals surface area contributed by atoms with Crippen molar-refractivity contribution in [3.8, 4) is 0 Å². The quantitative estimate of drug-likeness (QED) is 0.875. The summed E-state index contributed by atoms with van der Waals surface area (Å²) in [4.78, 5) is 16.4. The summed E-state index contributed by atoms with van der Waals surface area (Å²) >= 11 is 0. The molecule has 0 aromatic carbocycles. The summed E-state index contributed by atoms with van der Waals surface area (Å²) in [5, 5.41) is 12.5. The Bertz CT molecular complexity index is 600. The van der Waals surface area contributed by atoms with Crippen LogP contribution in [-0.2, 0) is 0 Å². The fourth-order valence-corrected chi connectivity index (χ4v) is 2.74. The molecule has 1 fully saturated rings. The number of hydrogen-bond donors (Lipinski definition) is 2. The number of aromatic nitrogens is 2. The molecule has 5 nitrogen and oxygen atoms in total. The van der Waals surface area contributed by atoms with Gasteiger partial charge in [-0.15, -0.1) is 0 Å². The van der Waals surface area contributed by atoms with Gasteiger partial charge in [-0.2, -0.15) is 0 Å². The molecular weight excluding hydrogens is 242 g/mol. The maximum Gasteiger partial charge on any atom is 0.251 e. The second-order valence-electron chi connectivity index (χ2n) is 5.21. The Morgan fingerprint density at radius 2 is 2.21 bits per heavy atom. The molecule has 0 bridgehead atoms. The summed E-state index contributed by atoms with van der Waals surface area (Å²) in [5.41, 5.74) is 0.897. The molecule has 0 saturated heterocycles. The van der Waals surface area contributed by atoms with Crippen LogP contribution < -0.4 is 5.32 Å². The van der Waals surface area contributed by atoms with Crippen LogP contribution in [0.25, 0.3) is 5.65 Å². The van der Waals surface area contributed by atoms with Crippen molar-refractivity contribution in [2.45, 2.75) is 31.2 Å². The first kappa shape index (κ1) is 12.2. The molecule has 0 radical (unpaired) electrons. The van der Waals surface area contributed by atoms with E-state index in [0.29, 0.717) is 5.56 Å². The molecule has 19 heavy (non-hydrogen) atoms. The number of fused-ring (bicyclic) bond motifs is 1. The van der Waals surface area contributed by atoms with Gasteiger partial charge in [0.25, 0.3) is 5.91 Å². The number of aliphatic hydroxyl groups excluding tert-OH is 1. The normalized spacial score (nSPS) is 17.7. The predicted molar refractivity (Wildman–Crippen MR) is 70.9 cm³/mol. The third-order valence-corrected chi connectivity index (χ3v) is 3.90. The van der Waals surface area contributed by atoms with Gasteiger partial charge in [0, 0.05) is 24.2 Å². The second kappa shape index (κ2) is 4.66. The van der Waals surface area contributed by atoms with Crippen molar-refractivity contribution in [3.05, 3.63) is 36.3 Å². The van der Waals surface area contributed by atoms with Crippen molar-refractivity contribution in [3.63, 3.8) is 0 Å². The van der Waals surface area contributed by atoms with E-state index in [2.05, 4.69) is 10.3 Å². The number of hydrogen-bond acceptors (Lipinski definition) is 3. The zero-order valence-corrected chi connectivity index (χ0v) is 10.7. The van der Waals surface area contributed by atoms with E-state index < -0.39 is 5.54 Å². The molecule has 0 aliphatic heterocycles. The third-order valence-electron chi connectivity index (χ3n) is 3.90. The van der Waals surface area contributed by atoms with E-state index in [1.807, 2.05) is 16.8 Å². The lowest BCUT2D eigenvalue weighted by molar-refractivity contribution is 0.0838. The Morgan fingerprint density at radius 3 is 2.95 bits per heavy atom. The molecular formula is C14H17N3O2. The molecule has 0 unspecified atom stereocenters. The zero-order chi connectivity index (χ0) is 13.3. The lowest BCUT2D eigenvalue weighted by Crippen LogP contribution is -2.49. The monoisotopic (exact) mass is 259 g/mol. The van der Waals surface area contributed by atoms with Gasteiger partial charge in [-0.05, 0) is 25.0 Å². The summed E-state index contributed by atoms with van der Waals surface area (Å²) in [6, 6.07) is 3.53. The van der Waals surface area contributed by atoms with Crippen LogP contribution in [0.3, 0.4) is 0 Å². The van der Waals surface area contributed by atoms with Gasteiger partial charge in [-0.1, -0.05) is 12.8 Å². The minimum absolute atomic E-state index is 0.00433. The molecule has 1 saturated carbocycles. The number of nitrogens with zero attached hydrogens (tertiary/aromatic N) is 2. The van der Waals surface area contributed by atoms with Crippen molar-refractivity contribution in [1.82, 2.24) is 14.7 Å². The standard InChI is InChI=1S/C14H17N3O2/c18-10-14(4-1-2-5-14)16-13(19)11-3-7-17-8-6-15-12(17)9-11/h3,6-9,18H,1-2,4-5,10H2,(H,16,19). The fraction of sp³-hybridized carbons (Fsp3) is 0.429. The number of nitrogens with one attached hydrogen (secondary N) is 1. The summed E-state index contributed by atoms with van der Waals surface area (Å²) in [6.45, 7) is 0.00433. The molecule has 1 aliphatic carbocycles. The van der Waals surface area contributed by atoms with Crippen molar-refractivity contribution in [2.75, 3.05) is 6.61 Å². The average Bonchev–Trinajstić information content (AvgIpc) is 3.06. The second-order valence-corrected chi connectivity index (χ2v) is 5.21. The number of amides is 1. The molecule has 5 heteroatoms. The molecule has 2 heterocycles. The van der Waals surface area contributed by atoms with Gasteiger partial charge in [0.1, 0.15) is 5.65 Å². The number of pyridine rings is 1. The van der Waals surface area contributed by atoms with E-state index in [1.165, 1.54) is 0 Å². The Hall–Kier alpha value is -1.88. The van der Waals surface area contributed by atoms with E-state index in [-0.39, 0.29) is 12.5 Å². The molecule has 1 aliphatic rings. The van der Waals surface area contributed by atoms with Crippen molar-refractivity contribution < 1.29 is 9.90 Å². The molecule has 3 rings (SSSR count). The smallest absolute Gasteiger partial charge is 0.251 e. The highest BCUT2D eigenvalue weighted by molar-refractivity contribution is 5.95. The van der Waals surface area contributed by atoms with Crippen molar-refractivity contribution in [1.29, 1.82) is 0 Å². The molecule has 0 spiro atoms. The highest BCUT2D eigenvalue weighted by Gasteiger charge is 2.34. The van der Waals surface area contributed by atoms with Crippen LogP contribution in [0.5, 0.6) is 0 Å². The van der Waals surface area contributed by atoms with Crippen LogP contribution in [0.15, 0.2) is 30.7 Å². The highest BCUT2D eigenvalue weighted by Crippen LogP contribution is 2.29. The van der Waals surface area contributed by atoms with E-state index in [9.17, 15) is 9.90 Å². The van der Waals surface area contributed by atoms with Crippen LogP contribution in [0.2, 0.25) is 0 Å². The van der Waals surface area contributed by atoms with E-state index in [0.717, 1.165) is 31.3 Å². The van der Waals surface area contributed by atoms with Crippen LogP contribution >= 0.6 is 0 Å². The summed E-state index contributed by atoms with van der Waals surface area (Å²) in [6.07, 6.45) is 9.16. The number of imidazole rings is 1. The molecule has 1 amide bonds. The maximum atomic E-state index is 12.3. The molecule has 2 aromatic rings. The minimum Gasteiger partial charge on any atom is -0.394 e. The van der Waals surface area contributed by atoms with E-state index in [4.69, 9.17) is 0 Å². The molecule has 0 atom stereocenters. The largest absolute Gasteiger partial charge is 0.394 e. The molecule has 2 aromatic heterocycles. The summed E-state index contributed by atoms with van der Waals surface area (Å²) in [7, 11) is 0. The van der Waals surface area contributed by atoms with Gasteiger partial charge < -0.3 is 14.8 Å². The number of carbonyl (C=O) groups is 1. The average molecular weight is 259 g/mol. The first-order valence-corrected chi connectivity index (χ1v) is 6.59. The van der Waals surface area contributed by atoms with Crippen molar-refractivity contribution >= 4 is 11.6 Å². The topological polar surface area (TPSA) is 66.6 Å². The number of carbonyl (C=O) groups excluding carboxylic acids is 1. The fourth-order valence-electron chi connectivity index (χ4n) is 2.74. The van der Waals surface area contributed by atoms with Crippen LogP contribution in [-0.4, -0.2) is 32.5 Å². The molecule has 100 valence electrons. The first-order valence-electron chi connectivity index (χ1n) is 6.59. The van der Waals surface area contributed by atoms with Gasteiger partial charge >= 0.3 is 0 Å². The summed E-state index contributed by atoms with van der Waals surface area (Å²) < 4.78 is 1.86. The lowest BCUT2D eigenvalue weighted by atomic mass is 9.98. The van der Waals surface area contributed by atoms with Crippen LogP contribution in [0.1, 0.15) is 36.0 Å². The van der Waals surface area contributed by atoms with Gasteiger partial charge in [0.15, 0.2) is 0 Å². The Kier molecular flexibility index (Phi) is 2.98. The maximum absolute atomic E-state index is 12.3. The highest BCUT2D eigenvalue weighted by atomic mass is 16.3. The first-order chi connectivity index (χ1) is 9.22. The third kappa shape index (κ3) is 2.21. The van der Waals surface area contributed by atoms with Gasteiger partial charge in [0.2, 0.25) is 0 Å². The number of rotatable bonds is 3. The van der Waals surface area contributed by atoms with Crippen molar-refractivity contribution in [2.24, 2.45) is 0 Å². The predicted octanol–water partition coefficient (Wildman–Crippen LogP) is 1.37. The zero-order valence-electron chi connectivity index (χ0n) is 10.7. The van der Waals surface area contributed by atoms with Gasteiger partial charge in [-0.25, -0.2) is 4.98 Å². The Balaban J connectivity index is 1.82. The Morgan fingerprint density at radius 1 is 1.42 bits per heavy atom. The minimum atomic E-state index is -0.432. The molecule has 2 N–H and O–H groups in total. The SMILES string of the molecule is O=C(NC1(CO)CCCC1)c1ccn2ccnc2c1.